The van der Waals surface area contributed by atoms with Crippen molar-refractivity contribution in [2.75, 3.05) is 20.6 Å². The molecule has 0 fully saturated rings. The van der Waals surface area contributed by atoms with E-state index in [1.54, 1.807) is 36.2 Å². The molecule has 136 valence electrons. The number of benzene rings is 1. The van der Waals surface area contributed by atoms with Crippen LogP contribution in [0.4, 0.5) is 4.39 Å². The summed E-state index contributed by atoms with van der Waals surface area (Å²) in [5, 5.41) is 7.16. The molecule has 0 saturated carbocycles. The maximum Gasteiger partial charge on any atom is 0.271 e. The molecule has 3 aromatic rings. The number of aromatic nitrogens is 2. The van der Waals surface area contributed by atoms with Crippen molar-refractivity contribution in [2.45, 2.75) is 6.04 Å². The first-order valence-electron chi connectivity index (χ1n) is 8.23. The molecule has 1 aromatic carbocycles. The Hall–Kier alpha value is -2.93. The maximum absolute atomic E-state index is 13.1. The zero-order valence-corrected chi connectivity index (χ0v) is 14.9. The van der Waals surface area contributed by atoms with Gasteiger partial charge in [-0.05, 0) is 62.1 Å². The molecule has 3 rings (SSSR count). The number of halogens is 1. The van der Waals surface area contributed by atoms with Crippen LogP contribution in [0.25, 0.3) is 11.3 Å². The minimum Gasteiger partial charge on any atom is -0.468 e. The fourth-order valence-corrected chi connectivity index (χ4v) is 2.77. The predicted octanol–water partition coefficient (Wildman–Crippen LogP) is 2.85. The number of furan rings is 1. The van der Waals surface area contributed by atoms with E-state index in [4.69, 9.17) is 4.42 Å². The monoisotopic (exact) mass is 356 g/mol. The quantitative estimate of drug-likeness (QED) is 0.738. The van der Waals surface area contributed by atoms with Crippen LogP contribution < -0.4 is 5.32 Å². The number of carbonyl (C=O) groups is 1. The average molecular weight is 356 g/mol. The Bertz CT molecular complexity index is 870. The van der Waals surface area contributed by atoms with E-state index in [2.05, 4.69) is 10.4 Å². The molecule has 1 amide bonds. The van der Waals surface area contributed by atoms with Crippen molar-refractivity contribution in [3.8, 4) is 11.3 Å². The second-order valence-electron chi connectivity index (χ2n) is 6.25. The largest absolute Gasteiger partial charge is 0.468 e. The van der Waals surface area contributed by atoms with E-state index in [1.807, 2.05) is 31.1 Å². The Labute approximate surface area is 151 Å². The van der Waals surface area contributed by atoms with Gasteiger partial charge in [0.15, 0.2) is 5.69 Å². The van der Waals surface area contributed by atoms with Crippen LogP contribution in [0.2, 0.25) is 0 Å². The summed E-state index contributed by atoms with van der Waals surface area (Å²) < 4.78 is 20.1. The van der Waals surface area contributed by atoms with Crippen LogP contribution in [0.15, 0.2) is 53.1 Å². The molecule has 26 heavy (non-hydrogen) atoms. The average Bonchev–Trinajstić information content (AvgIpc) is 3.25. The zero-order valence-electron chi connectivity index (χ0n) is 14.9. The molecule has 0 radical (unpaired) electrons. The summed E-state index contributed by atoms with van der Waals surface area (Å²) in [5.41, 5.74) is 1.84. The van der Waals surface area contributed by atoms with Gasteiger partial charge in [0.25, 0.3) is 5.91 Å². The molecule has 0 bridgehead atoms. The van der Waals surface area contributed by atoms with Crippen molar-refractivity contribution in [2.24, 2.45) is 7.05 Å². The molecule has 1 N–H and O–H groups in total. The van der Waals surface area contributed by atoms with E-state index in [9.17, 15) is 9.18 Å². The lowest BCUT2D eigenvalue weighted by atomic mass is 10.1. The molecule has 0 aliphatic rings. The lowest BCUT2D eigenvalue weighted by Crippen LogP contribution is -2.34. The van der Waals surface area contributed by atoms with Gasteiger partial charge in [-0.15, -0.1) is 0 Å². The van der Waals surface area contributed by atoms with E-state index >= 15 is 0 Å². The third-order valence-electron chi connectivity index (χ3n) is 4.20. The minimum absolute atomic E-state index is 0.0748. The second kappa shape index (κ2) is 7.53. The SMILES string of the molecule is CN(C)C(CNC(=O)c1cc(-c2ccc(F)cc2)n(C)n1)c1ccco1. The van der Waals surface area contributed by atoms with Crippen molar-refractivity contribution in [1.29, 1.82) is 0 Å². The van der Waals surface area contributed by atoms with Crippen molar-refractivity contribution >= 4 is 5.91 Å². The molecule has 2 aromatic heterocycles. The number of aryl methyl sites for hydroxylation is 1. The van der Waals surface area contributed by atoms with Gasteiger partial charge in [-0.2, -0.15) is 5.10 Å². The molecule has 1 atom stereocenters. The summed E-state index contributed by atoms with van der Waals surface area (Å²) in [4.78, 5) is 14.5. The lowest BCUT2D eigenvalue weighted by Gasteiger charge is -2.22. The van der Waals surface area contributed by atoms with Gasteiger partial charge >= 0.3 is 0 Å². The number of likely N-dealkylation sites (N-methyl/N-ethyl adjacent to an activating group) is 1. The van der Waals surface area contributed by atoms with Crippen molar-refractivity contribution in [3.63, 3.8) is 0 Å². The Morgan fingerprint density at radius 1 is 1.31 bits per heavy atom. The smallest absolute Gasteiger partial charge is 0.271 e. The van der Waals surface area contributed by atoms with Gasteiger partial charge in [-0.1, -0.05) is 0 Å². The number of hydrogen-bond donors (Lipinski definition) is 1. The van der Waals surface area contributed by atoms with Crippen LogP contribution in [0, 0.1) is 5.82 Å². The number of nitrogens with zero attached hydrogens (tertiary/aromatic N) is 3. The summed E-state index contributed by atoms with van der Waals surface area (Å²) >= 11 is 0. The van der Waals surface area contributed by atoms with E-state index in [0.717, 1.165) is 17.0 Å². The van der Waals surface area contributed by atoms with Crippen LogP contribution in [0.5, 0.6) is 0 Å². The molecule has 0 saturated heterocycles. The Morgan fingerprint density at radius 3 is 2.65 bits per heavy atom. The molecule has 2 heterocycles. The fraction of sp³-hybridized carbons (Fsp3) is 0.263. The van der Waals surface area contributed by atoms with Gasteiger partial charge in [-0.3, -0.25) is 14.4 Å². The number of hydrogen-bond acceptors (Lipinski definition) is 4. The third-order valence-corrected chi connectivity index (χ3v) is 4.20. The van der Waals surface area contributed by atoms with Crippen LogP contribution in [-0.4, -0.2) is 41.2 Å². The van der Waals surface area contributed by atoms with Crippen molar-refractivity contribution in [1.82, 2.24) is 20.0 Å². The van der Waals surface area contributed by atoms with E-state index in [0.29, 0.717) is 12.2 Å². The molecule has 0 spiro atoms. The molecular formula is C19H21FN4O2. The highest BCUT2D eigenvalue weighted by molar-refractivity contribution is 5.93. The Kier molecular flexibility index (Phi) is 5.18. The highest BCUT2D eigenvalue weighted by Gasteiger charge is 2.20. The Morgan fingerprint density at radius 2 is 2.04 bits per heavy atom. The first-order valence-corrected chi connectivity index (χ1v) is 8.23. The van der Waals surface area contributed by atoms with Gasteiger partial charge < -0.3 is 9.73 Å². The topological polar surface area (TPSA) is 63.3 Å². The summed E-state index contributed by atoms with van der Waals surface area (Å²) in [6.07, 6.45) is 1.61. The van der Waals surface area contributed by atoms with Gasteiger partial charge in [0.2, 0.25) is 0 Å². The second-order valence-corrected chi connectivity index (χ2v) is 6.25. The molecule has 0 aliphatic carbocycles. The normalized spacial score (nSPS) is 12.3. The lowest BCUT2D eigenvalue weighted by molar-refractivity contribution is 0.0933. The number of carbonyl (C=O) groups excluding carboxylic acids is 1. The molecule has 1 unspecified atom stereocenters. The Balaban J connectivity index is 1.72. The summed E-state index contributed by atoms with van der Waals surface area (Å²) in [5.74, 6) is 0.206. The van der Waals surface area contributed by atoms with Crippen LogP contribution in [-0.2, 0) is 7.05 Å². The molecule has 0 aliphatic heterocycles. The van der Waals surface area contributed by atoms with Crippen LogP contribution in [0.3, 0.4) is 0 Å². The predicted molar refractivity (Wildman–Crippen MR) is 96.1 cm³/mol. The number of nitrogens with one attached hydrogen (secondary N) is 1. The van der Waals surface area contributed by atoms with Gasteiger partial charge in [0, 0.05) is 13.6 Å². The summed E-state index contributed by atoms with van der Waals surface area (Å²) in [6.45, 7) is 0.391. The highest BCUT2D eigenvalue weighted by atomic mass is 19.1. The molecule has 6 nitrogen and oxygen atoms in total. The van der Waals surface area contributed by atoms with Gasteiger partial charge in [0.1, 0.15) is 11.6 Å². The zero-order chi connectivity index (χ0) is 18.7. The molecule has 7 heteroatoms. The van der Waals surface area contributed by atoms with Gasteiger partial charge in [-0.25, -0.2) is 4.39 Å². The van der Waals surface area contributed by atoms with Crippen molar-refractivity contribution < 1.29 is 13.6 Å². The van der Waals surface area contributed by atoms with Crippen LogP contribution in [0.1, 0.15) is 22.3 Å². The van der Waals surface area contributed by atoms with Crippen LogP contribution >= 0.6 is 0 Å². The fourth-order valence-electron chi connectivity index (χ4n) is 2.77. The van der Waals surface area contributed by atoms with Gasteiger partial charge in [0.05, 0.1) is 18.0 Å². The first-order chi connectivity index (χ1) is 12.5. The minimum atomic E-state index is -0.304. The standard InChI is InChI=1S/C19H21FN4O2/c1-23(2)17(18-5-4-10-26-18)12-21-19(25)15-11-16(24(3)22-15)13-6-8-14(20)9-7-13/h4-11,17H,12H2,1-3H3,(H,21,25). The summed E-state index contributed by atoms with van der Waals surface area (Å²) in [7, 11) is 5.60. The number of rotatable bonds is 6. The highest BCUT2D eigenvalue weighted by Crippen LogP contribution is 2.21. The van der Waals surface area contributed by atoms with Crippen molar-refractivity contribution in [3.05, 3.63) is 66.0 Å². The maximum atomic E-state index is 13.1. The first kappa shape index (κ1) is 17.9. The van der Waals surface area contributed by atoms with E-state index in [-0.39, 0.29) is 17.8 Å². The number of amides is 1. The summed E-state index contributed by atoms with van der Waals surface area (Å²) in [6, 6.07) is 11.4. The third kappa shape index (κ3) is 3.83. The molecular weight excluding hydrogens is 335 g/mol. The van der Waals surface area contributed by atoms with E-state index < -0.39 is 0 Å². The van der Waals surface area contributed by atoms with E-state index in [1.165, 1.54) is 12.1 Å².